The third kappa shape index (κ3) is 1.93. The number of fused-ring (bicyclic) bond motifs is 1. The largest absolute Gasteiger partial charge is 0.346 e. The average molecular weight is 205 g/mol. The molecule has 0 radical (unpaired) electrons. The highest BCUT2D eigenvalue weighted by Gasteiger charge is 2.19. The van der Waals surface area contributed by atoms with Crippen molar-refractivity contribution in [2.45, 2.75) is 38.5 Å². The van der Waals surface area contributed by atoms with E-state index in [-0.39, 0.29) is 0 Å². The van der Waals surface area contributed by atoms with E-state index in [9.17, 15) is 0 Å². The molecule has 0 bridgehead atoms. The zero-order valence-electron chi connectivity index (χ0n) is 9.18. The number of aromatic nitrogens is 2. The van der Waals surface area contributed by atoms with Crippen LogP contribution in [0.3, 0.4) is 0 Å². The number of aryl methyl sites for hydroxylation is 2. The van der Waals surface area contributed by atoms with Crippen LogP contribution in [-0.2, 0) is 19.3 Å². The van der Waals surface area contributed by atoms with Crippen LogP contribution < -0.4 is 5.32 Å². The van der Waals surface area contributed by atoms with Crippen LogP contribution in [-0.4, -0.2) is 23.1 Å². The monoisotopic (exact) mass is 205 g/mol. The highest BCUT2D eigenvalue weighted by Crippen LogP contribution is 2.22. The Balaban J connectivity index is 1.66. The predicted octanol–water partition coefficient (Wildman–Crippen LogP) is 1.44. The predicted molar refractivity (Wildman–Crippen MR) is 59.9 cm³/mol. The van der Waals surface area contributed by atoms with Crippen LogP contribution in [0.15, 0.2) is 0 Å². The maximum absolute atomic E-state index is 4.71. The highest BCUT2D eigenvalue weighted by atomic mass is 14.9. The SMILES string of the molecule is C1Cc2nc(CC3CCNCC3)[nH]c2C1. The molecule has 0 saturated carbocycles. The first-order chi connectivity index (χ1) is 7.42. The molecule has 3 nitrogen and oxygen atoms in total. The number of nitrogens with zero attached hydrogens (tertiary/aromatic N) is 1. The van der Waals surface area contributed by atoms with Gasteiger partial charge in [-0.15, -0.1) is 0 Å². The summed E-state index contributed by atoms with van der Waals surface area (Å²) in [6, 6.07) is 0. The number of hydrogen-bond donors (Lipinski definition) is 2. The average Bonchev–Trinajstić information content (AvgIpc) is 2.79. The molecule has 2 aliphatic rings. The van der Waals surface area contributed by atoms with Crippen molar-refractivity contribution in [2.75, 3.05) is 13.1 Å². The minimum atomic E-state index is 0.845. The Bertz CT molecular complexity index is 315. The van der Waals surface area contributed by atoms with Gasteiger partial charge in [0.1, 0.15) is 5.82 Å². The van der Waals surface area contributed by atoms with E-state index in [0.29, 0.717) is 0 Å². The van der Waals surface area contributed by atoms with Gasteiger partial charge in [0.2, 0.25) is 0 Å². The van der Waals surface area contributed by atoms with E-state index in [2.05, 4.69) is 10.3 Å². The Morgan fingerprint density at radius 2 is 2.07 bits per heavy atom. The molecule has 15 heavy (non-hydrogen) atoms. The topological polar surface area (TPSA) is 40.7 Å². The molecule has 1 aliphatic heterocycles. The van der Waals surface area contributed by atoms with Gasteiger partial charge >= 0.3 is 0 Å². The number of hydrogen-bond acceptors (Lipinski definition) is 2. The lowest BCUT2D eigenvalue weighted by atomic mass is 9.94. The number of aromatic amines is 1. The zero-order chi connectivity index (χ0) is 10.1. The molecule has 82 valence electrons. The Labute approximate surface area is 90.7 Å². The molecule has 1 fully saturated rings. The quantitative estimate of drug-likeness (QED) is 0.767. The molecule has 2 N–H and O–H groups in total. The maximum Gasteiger partial charge on any atom is 0.106 e. The van der Waals surface area contributed by atoms with Gasteiger partial charge in [-0.3, -0.25) is 0 Å². The summed E-state index contributed by atoms with van der Waals surface area (Å²) in [7, 11) is 0. The summed E-state index contributed by atoms with van der Waals surface area (Å²) in [5.41, 5.74) is 2.76. The molecule has 3 rings (SSSR count). The summed E-state index contributed by atoms with van der Waals surface area (Å²) in [6.07, 6.45) is 7.49. The van der Waals surface area contributed by atoms with E-state index >= 15 is 0 Å². The van der Waals surface area contributed by atoms with Crippen LogP contribution in [0.25, 0.3) is 0 Å². The number of nitrogens with one attached hydrogen (secondary N) is 2. The Hall–Kier alpha value is -0.830. The van der Waals surface area contributed by atoms with E-state index < -0.39 is 0 Å². The van der Waals surface area contributed by atoms with Crippen molar-refractivity contribution in [3.63, 3.8) is 0 Å². The van der Waals surface area contributed by atoms with Gasteiger partial charge in [0.25, 0.3) is 0 Å². The van der Waals surface area contributed by atoms with Crippen LogP contribution in [0.2, 0.25) is 0 Å². The summed E-state index contributed by atoms with van der Waals surface area (Å²) >= 11 is 0. The lowest BCUT2D eigenvalue weighted by Crippen LogP contribution is -2.28. The van der Waals surface area contributed by atoms with Gasteiger partial charge in [-0.25, -0.2) is 4.98 Å². The number of H-pyrrole nitrogens is 1. The lowest BCUT2D eigenvalue weighted by molar-refractivity contribution is 0.367. The van der Waals surface area contributed by atoms with E-state index in [1.807, 2.05) is 0 Å². The van der Waals surface area contributed by atoms with Gasteiger partial charge in [0.15, 0.2) is 0 Å². The van der Waals surface area contributed by atoms with E-state index in [0.717, 1.165) is 12.3 Å². The fourth-order valence-electron chi connectivity index (χ4n) is 2.81. The van der Waals surface area contributed by atoms with Crippen LogP contribution >= 0.6 is 0 Å². The molecular weight excluding hydrogens is 186 g/mol. The van der Waals surface area contributed by atoms with Gasteiger partial charge in [-0.05, 0) is 51.1 Å². The van der Waals surface area contributed by atoms with Crippen molar-refractivity contribution in [2.24, 2.45) is 5.92 Å². The van der Waals surface area contributed by atoms with Crippen molar-refractivity contribution in [1.29, 1.82) is 0 Å². The molecule has 0 spiro atoms. The van der Waals surface area contributed by atoms with Gasteiger partial charge in [-0.2, -0.15) is 0 Å². The van der Waals surface area contributed by atoms with Crippen LogP contribution in [0.1, 0.15) is 36.5 Å². The van der Waals surface area contributed by atoms with Crippen LogP contribution in [0.5, 0.6) is 0 Å². The van der Waals surface area contributed by atoms with Crippen molar-refractivity contribution in [3.8, 4) is 0 Å². The van der Waals surface area contributed by atoms with Crippen molar-refractivity contribution in [1.82, 2.24) is 15.3 Å². The minimum absolute atomic E-state index is 0.845. The van der Waals surface area contributed by atoms with Crippen LogP contribution in [0.4, 0.5) is 0 Å². The summed E-state index contributed by atoms with van der Waals surface area (Å²) in [6.45, 7) is 2.37. The second kappa shape index (κ2) is 3.97. The summed E-state index contributed by atoms with van der Waals surface area (Å²) in [4.78, 5) is 8.22. The molecule has 0 aromatic carbocycles. The molecule has 2 heterocycles. The zero-order valence-corrected chi connectivity index (χ0v) is 9.18. The standard InChI is InChI=1S/C12H19N3/c1-2-10-11(3-1)15-12(14-10)8-9-4-6-13-7-5-9/h9,13H,1-8H2,(H,14,15). The number of piperidine rings is 1. The first kappa shape index (κ1) is 9.40. The second-order valence-electron chi connectivity index (χ2n) is 4.86. The Morgan fingerprint density at radius 1 is 1.20 bits per heavy atom. The number of imidazole rings is 1. The molecule has 1 aromatic rings. The van der Waals surface area contributed by atoms with Gasteiger partial charge in [0, 0.05) is 12.1 Å². The third-order valence-corrected chi connectivity index (χ3v) is 3.69. The smallest absolute Gasteiger partial charge is 0.106 e. The minimum Gasteiger partial charge on any atom is -0.346 e. The van der Waals surface area contributed by atoms with Gasteiger partial charge in [0.05, 0.1) is 5.69 Å². The summed E-state index contributed by atoms with van der Waals surface area (Å²) in [5.74, 6) is 2.09. The maximum atomic E-state index is 4.71. The molecule has 1 aliphatic carbocycles. The van der Waals surface area contributed by atoms with E-state index in [1.54, 1.807) is 0 Å². The van der Waals surface area contributed by atoms with E-state index in [4.69, 9.17) is 4.98 Å². The Morgan fingerprint density at radius 3 is 2.87 bits per heavy atom. The van der Waals surface area contributed by atoms with Crippen molar-refractivity contribution in [3.05, 3.63) is 17.2 Å². The molecule has 1 aromatic heterocycles. The second-order valence-corrected chi connectivity index (χ2v) is 4.86. The third-order valence-electron chi connectivity index (χ3n) is 3.69. The first-order valence-electron chi connectivity index (χ1n) is 6.19. The van der Waals surface area contributed by atoms with Gasteiger partial charge in [-0.1, -0.05) is 0 Å². The summed E-state index contributed by atoms with van der Waals surface area (Å²) in [5, 5.41) is 3.41. The van der Waals surface area contributed by atoms with Crippen molar-refractivity contribution >= 4 is 0 Å². The molecule has 3 heteroatoms. The Kier molecular flexibility index (Phi) is 2.49. The molecular formula is C12H19N3. The van der Waals surface area contributed by atoms with Gasteiger partial charge < -0.3 is 10.3 Å². The molecule has 0 amide bonds. The molecule has 1 saturated heterocycles. The number of rotatable bonds is 2. The molecule has 0 unspecified atom stereocenters. The highest BCUT2D eigenvalue weighted by molar-refractivity contribution is 5.19. The fraction of sp³-hybridized carbons (Fsp3) is 0.750. The fourth-order valence-corrected chi connectivity index (χ4v) is 2.81. The van der Waals surface area contributed by atoms with E-state index in [1.165, 1.54) is 62.4 Å². The van der Waals surface area contributed by atoms with Crippen molar-refractivity contribution < 1.29 is 0 Å². The first-order valence-corrected chi connectivity index (χ1v) is 6.19. The van der Waals surface area contributed by atoms with Crippen LogP contribution in [0, 0.1) is 5.92 Å². The lowest BCUT2D eigenvalue weighted by Gasteiger charge is -2.21. The molecule has 0 atom stereocenters. The summed E-state index contributed by atoms with van der Waals surface area (Å²) < 4.78 is 0. The normalized spacial score (nSPS) is 21.9.